The highest BCUT2D eigenvalue weighted by Gasteiger charge is 2.13. The van der Waals surface area contributed by atoms with Crippen LogP contribution in [0.3, 0.4) is 0 Å². The molecular formula is C13H17NO5. The van der Waals surface area contributed by atoms with Gasteiger partial charge in [-0.1, -0.05) is 25.5 Å². The average molecular weight is 267 g/mol. The molecule has 1 aromatic rings. The fourth-order valence-corrected chi connectivity index (χ4v) is 1.43. The third kappa shape index (κ3) is 4.50. The number of aromatic carboxylic acids is 1. The average Bonchev–Trinajstić information content (AvgIpc) is 2.37. The third-order valence-corrected chi connectivity index (χ3v) is 2.50. The van der Waals surface area contributed by atoms with Crippen LogP contribution in [0.25, 0.3) is 0 Å². The molecule has 3 N–H and O–H groups in total. The standard InChI is InChI=1S/C13H17NO5/c1-2-3-7-19-13(18)14-8-9-5-4-6-10(11(9)15)12(16)17/h4-6,15H,2-3,7-8H2,1H3,(H,14,18)(H,16,17). The van der Waals surface area contributed by atoms with Crippen LogP contribution in [0.1, 0.15) is 35.7 Å². The zero-order valence-electron chi connectivity index (χ0n) is 10.7. The van der Waals surface area contributed by atoms with Crippen LogP contribution in [-0.2, 0) is 11.3 Å². The minimum absolute atomic E-state index is 0.0118. The zero-order valence-corrected chi connectivity index (χ0v) is 10.7. The predicted molar refractivity (Wildman–Crippen MR) is 68.2 cm³/mol. The Hall–Kier alpha value is -2.24. The first-order valence-electron chi connectivity index (χ1n) is 6.01. The summed E-state index contributed by atoms with van der Waals surface area (Å²) in [6, 6.07) is 4.33. The van der Waals surface area contributed by atoms with Crippen molar-refractivity contribution in [3.8, 4) is 5.75 Å². The number of alkyl carbamates (subject to hydrolysis) is 1. The van der Waals surface area contributed by atoms with Crippen LogP contribution in [0.2, 0.25) is 0 Å². The summed E-state index contributed by atoms with van der Waals surface area (Å²) < 4.78 is 4.87. The van der Waals surface area contributed by atoms with Crippen LogP contribution in [-0.4, -0.2) is 28.9 Å². The molecule has 6 heteroatoms. The Balaban J connectivity index is 2.56. The molecule has 0 aliphatic heterocycles. The number of hydrogen-bond donors (Lipinski definition) is 3. The number of aromatic hydroxyl groups is 1. The molecule has 19 heavy (non-hydrogen) atoms. The first-order valence-corrected chi connectivity index (χ1v) is 6.01. The van der Waals surface area contributed by atoms with Gasteiger partial charge in [-0.2, -0.15) is 0 Å². The van der Waals surface area contributed by atoms with Crippen LogP contribution in [0.15, 0.2) is 18.2 Å². The Labute approximate surface area is 111 Å². The number of rotatable bonds is 6. The lowest BCUT2D eigenvalue weighted by atomic mass is 10.1. The number of amides is 1. The molecule has 0 heterocycles. The molecule has 0 fully saturated rings. The van der Waals surface area contributed by atoms with Gasteiger partial charge in [0.1, 0.15) is 11.3 Å². The van der Waals surface area contributed by atoms with Crippen molar-refractivity contribution in [2.75, 3.05) is 6.61 Å². The fraction of sp³-hybridized carbons (Fsp3) is 0.385. The Kier molecular flexibility index (Phi) is 5.66. The van der Waals surface area contributed by atoms with Crippen molar-refractivity contribution in [3.05, 3.63) is 29.3 Å². The van der Waals surface area contributed by atoms with Crippen LogP contribution in [0.4, 0.5) is 4.79 Å². The van der Waals surface area contributed by atoms with Gasteiger partial charge in [0.15, 0.2) is 0 Å². The Morgan fingerprint density at radius 2 is 2.11 bits per heavy atom. The van der Waals surface area contributed by atoms with E-state index >= 15 is 0 Å². The number of carboxylic acids is 1. The van der Waals surface area contributed by atoms with Gasteiger partial charge in [-0.15, -0.1) is 0 Å². The third-order valence-electron chi connectivity index (χ3n) is 2.50. The maximum Gasteiger partial charge on any atom is 0.407 e. The summed E-state index contributed by atoms with van der Waals surface area (Å²) in [5.41, 5.74) is 0.131. The first-order chi connectivity index (χ1) is 9.06. The summed E-state index contributed by atoms with van der Waals surface area (Å²) in [6.45, 7) is 2.33. The summed E-state index contributed by atoms with van der Waals surface area (Å²) in [4.78, 5) is 22.1. The number of benzene rings is 1. The first kappa shape index (κ1) is 14.8. The molecule has 1 amide bonds. The lowest BCUT2D eigenvalue weighted by Gasteiger charge is -2.09. The molecule has 0 aliphatic carbocycles. The van der Waals surface area contributed by atoms with Gasteiger partial charge in [0.05, 0.1) is 6.61 Å². The minimum Gasteiger partial charge on any atom is -0.507 e. The van der Waals surface area contributed by atoms with Crippen LogP contribution >= 0.6 is 0 Å². The van der Waals surface area contributed by atoms with E-state index in [1.54, 1.807) is 0 Å². The lowest BCUT2D eigenvalue weighted by molar-refractivity contribution is 0.0693. The fourth-order valence-electron chi connectivity index (χ4n) is 1.43. The second kappa shape index (κ2) is 7.25. The van der Waals surface area contributed by atoms with E-state index in [2.05, 4.69) is 5.32 Å². The highest BCUT2D eigenvalue weighted by atomic mass is 16.5. The number of carboxylic acid groups (broad SMARTS) is 1. The predicted octanol–water partition coefficient (Wildman–Crippen LogP) is 2.12. The van der Waals surface area contributed by atoms with E-state index in [-0.39, 0.29) is 17.9 Å². The SMILES string of the molecule is CCCCOC(=O)NCc1cccc(C(=O)O)c1O. The highest BCUT2D eigenvalue weighted by molar-refractivity contribution is 5.91. The van der Waals surface area contributed by atoms with Gasteiger partial charge in [-0.05, 0) is 12.5 Å². The van der Waals surface area contributed by atoms with Gasteiger partial charge in [-0.3, -0.25) is 0 Å². The molecule has 0 saturated carbocycles. The number of phenols is 1. The molecule has 0 saturated heterocycles. The maximum absolute atomic E-state index is 11.3. The van der Waals surface area contributed by atoms with Crippen molar-refractivity contribution < 1.29 is 24.5 Å². The molecular weight excluding hydrogens is 250 g/mol. The number of nitrogens with one attached hydrogen (secondary N) is 1. The van der Waals surface area contributed by atoms with E-state index in [1.807, 2.05) is 6.92 Å². The van der Waals surface area contributed by atoms with E-state index in [9.17, 15) is 14.7 Å². The minimum atomic E-state index is -1.22. The number of ether oxygens (including phenoxy) is 1. The highest BCUT2D eigenvalue weighted by Crippen LogP contribution is 2.22. The van der Waals surface area contributed by atoms with Crippen molar-refractivity contribution >= 4 is 12.1 Å². The molecule has 1 aromatic carbocycles. The number of para-hydroxylation sites is 1. The quantitative estimate of drug-likeness (QED) is 0.686. The zero-order chi connectivity index (χ0) is 14.3. The summed E-state index contributed by atoms with van der Waals surface area (Å²) in [5, 5.41) is 21.0. The summed E-state index contributed by atoms with van der Waals surface area (Å²) in [6.07, 6.45) is 1.12. The summed E-state index contributed by atoms with van der Waals surface area (Å²) in [7, 11) is 0. The smallest absolute Gasteiger partial charge is 0.407 e. The Morgan fingerprint density at radius 3 is 2.74 bits per heavy atom. The molecule has 0 aliphatic rings. The van der Waals surface area contributed by atoms with Crippen molar-refractivity contribution in [1.29, 1.82) is 0 Å². The lowest BCUT2D eigenvalue weighted by Crippen LogP contribution is -2.24. The molecule has 0 bridgehead atoms. The van der Waals surface area contributed by atoms with Crippen LogP contribution in [0, 0.1) is 0 Å². The van der Waals surface area contributed by atoms with Crippen LogP contribution < -0.4 is 5.32 Å². The summed E-state index contributed by atoms with van der Waals surface area (Å²) >= 11 is 0. The van der Waals surface area contributed by atoms with Gasteiger partial charge in [-0.25, -0.2) is 9.59 Å². The molecule has 0 unspecified atom stereocenters. The number of hydrogen-bond acceptors (Lipinski definition) is 4. The van der Waals surface area contributed by atoms with Crippen molar-refractivity contribution in [3.63, 3.8) is 0 Å². The second-order valence-electron chi connectivity index (χ2n) is 3.96. The van der Waals surface area contributed by atoms with Crippen LogP contribution in [0.5, 0.6) is 5.75 Å². The Bertz CT molecular complexity index is 458. The van der Waals surface area contributed by atoms with E-state index in [0.717, 1.165) is 12.8 Å². The van der Waals surface area contributed by atoms with Gasteiger partial charge in [0.2, 0.25) is 0 Å². The molecule has 104 valence electrons. The number of unbranched alkanes of at least 4 members (excludes halogenated alkanes) is 1. The molecule has 6 nitrogen and oxygen atoms in total. The number of carbonyl (C=O) groups excluding carboxylic acids is 1. The molecule has 1 rings (SSSR count). The monoisotopic (exact) mass is 267 g/mol. The topological polar surface area (TPSA) is 95.9 Å². The molecule has 0 radical (unpaired) electrons. The van der Waals surface area contributed by atoms with E-state index in [4.69, 9.17) is 9.84 Å². The van der Waals surface area contributed by atoms with Gasteiger partial charge in [0.25, 0.3) is 0 Å². The number of carbonyl (C=O) groups is 2. The molecule has 0 atom stereocenters. The van der Waals surface area contributed by atoms with E-state index < -0.39 is 12.1 Å². The molecule has 0 spiro atoms. The van der Waals surface area contributed by atoms with Crippen molar-refractivity contribution in [2.45, 2.75) is 26.3 Å². The maximum atomic E-state index is 11.3. The van der Waals surface area contributed by atoms with Gasteiger partial charge >= 0.3 is 12.1 Å². The Morgan fingerprint density at radius 1 is 1.37 bits per heavy atom. The normalized spacial score (nSPS) is 9.95. The largest absolute Gasteiger partial charge is 0.507 e. The van der Waals surface area contributed by atoms with Crippen molar-refractivity contribution in [2.24, 2.45) is 0 Å². The van der Waals surface area contributed by atoms with Gasteiger partial charge < -0.3 is 20.3 Å². The molecule has 0 aromatic heterocycles. The van der Waals surface area contributed by atoms with E-state index in [1.165, 1.54) is 18.2 Å². The summed E-state index contributed by atoms with van der Waals surface area (Å²) in [5.74, 6) is -1.56. The second-order valence-corrected chi connectivity index (χ2v) is 3.96. The van der Waals surface area contributed by atoms with Crippen molar-refractivity contribution in [1.82, 2.24) is 5.32 Å². The van der Waals surface area contributed by atoms with E-state index in [0.29, 0.717) is 12.2 Å². The van der Waals surface area contributed by atoms with Gasteiger partial charge in [0, 0.05) is 12.1 Å².